The number of halogens is 1. The summed E-state index contributed by atoms with van der Waals surface area (Å²) >= 11 is 5.58. The summed E-state index contributed by atoms with van der Waals surface area (Å²) < 4.78 is 29.0. The van der Waals surface area contributed by atoms with Crippen molar-refractivity contribution in [2.24, 2.45) is 0 Å². The molecule has 0 fully saturated rings. The molecular weight excluding hydrogens is 376 g/mol. The standard InChI is InChI=1S/C17H23ClN4O3S/c1-13(2)22-12-10-16(20-22)21-26(24,25)15-8-6-14(7-9-15)19-17(23)5-3-4-11-18/h6-10,12-13H,3-5,11H2,1-2H3,(H,19,23)(H,20,21). The molecule has 0 saturated carbocycles. The third-order valence-corrected chi connectivity index (χ3v) is 5.25. The van der Waals surface area contributed by atoms with E-state index in [0.717, 1.165) is 12.8 Å². The SMILES string of the molecule is CC(C)n1ccc(NS(=O)(=O)c2ccc(NC(=O)CCCCCl)cc2)n1. The van der Waals surface area contributed by atoms with Gasteiger partial charge in [0, 0.05) is 36.3 Å². The van der Waals surface area contributed by atoms with Gasteiger partial charge in [-0.1, -0.05) is 0 Å². The maximum Gasteiger partial charge on any atom is 0.263 e. The molecule has 7 nitrogen and oxygen atoms in total. The second-order valence-corrected chi connectivity index (χ2v) is 8.16. The van der Waals surface area contributed by atoms with Crippen molar-refractivity contribution in [3.8, 4) is 0 Å². The monoisotopic (exact) mass is 398 g/mol. The van der Waals surface area contributed by atoms with Gasteiger partial charge in [0.15, 0.2) is 5.82 Å². The van der Waals surface area contributed by atoms with Crippen molar-refractivity contribution in [2.45, 2.75) is 44.0 Å². The van der Waals surface area contributed by atoms with Crippen LogP contribution < -0.4 is 10.0 Å². The predicted octanol–water partition coefficient (Wildman–Crippen LogP) is 3.61. The molecule has 1 aromatic heterocycles. The Morgan fingerprint density at radius 1 is 1.19 bits per heavy atom. The zero-order valence-corrected chi connectivity index (χ0v) is 16.3. The summed E-state index contributed by atoms with van der Waals surface area (Å²) in [6.45, 7) is 3.90. The summed E-state index contributed by atoms with van der Waals surface area (Å²) in [5.41, 5.74) is 0.545. The Morgan fingerprint density at radius 2 is 1.88 bits per heavy atom. The number of benzene rings is 1. The average Bonchev–Trinajstić information content (AvgIpc) is 3.03. The lowest BCUT2D eigenvalue weighted by atomic mass is 10.2. The molecule has 142 valence electrons. The number of carbonyl (C=O) groups excluding carboxylic acids is 1. The van der Waals surface area contributed by atoms with Crippen molar-refractivity contribution >= 4 is 39.0 Å². The van der Waals surface area contributed by atoms with Crippen molar-refractivity contribution in [3.63, 3.8) is 0 Å². The van der Waals surface area contributed by atoms with Crippen molar-refractivity contribution < 1.29 is 13.2 Å². The van der Waals surface area contributed by atoms with E-state index >= 15 is 0 Å². The summed E-state index contributed by atoms with van der Waals surface area (Å²) in [7, 11) is -3.74. The van der Waals surface area contributed by atoms with Gasteiger partial charge in [-0.2, -0.15) is 5.10 Å². The zero-order valence-electron chi connectivity index (χ0n) is 14.8. The van der Waals surface area contributed by atoms with Crippen LogP contribution in [0.3, 0.4) is 0 Å². The first kappa shape index (κ1) is 20.3. The van der Waals surface area contributed by atoms with Crippen LogP contribution in [0.5, 0.6) is 0 Å². The molecule has 0 aliphatic rings. The van der Waals surface area contributed by atoms with Gasteiger partial charge in [0.25, 0.3) is 10.0 Å². The van der Waals surface area contributed by atoms with Crippen LogP contribution in [0, 0.1) is 0 Å². The molecule has 1 amide bonds. The second-order valence-electron chi connectivity index (χ2n) is 6.10. The van der Waals surface area contributed by atoms with Crippen LogP contribution in [0.2, 0.25) is 0 Å². The number of amides is 1. The Hall–Kier alpha value is -2.06. The Bertz CT molecular complexity index is 832. The molecule has 2 aromatic rings. The van der Waals surface area contributed by atoms with Crippen molar-refractivity contribution in [3.05, 3.63) is 36.5 Å². The van der Waals surface area contributed by atoms with Crippen LogP contribution in [0.25, 0.3) is 0 Å². The molecule has 0 aliphatic heterocycles. The predicted molar refractivity (Wildman–Crippen MR) is 103 cm³/mol. The van der Waals surface area contributed by atoms with Crippen LogP contribution >= 0.6 is 11.6 Å². The molecule has 0 radical (unpaired) electrons. The molecule has 0 unspecified atom stereocenters. The van der Waals surface area contributed by atoms with Gasteiger partial charge in [0.2, 0.25) is 5.91 Å². The lowest BCUT2D eigenvalue weighted by Gasteiger charge is -2.08. The van der Waals surface area contributed by atoms with Gasteiger partial charge >= 0.3 is 0 Å². The Balaban J connectivity index is 2.00. The summed E-state index contributed by atoms with van der Waals surface area (Å²) in [4.78, 5) is 11.9. The minimum atomic E-state index is -3.74. The number of rotatable bonds is 9. The van der Waals surface area contributed by atoms with E-state index in [0.29, 0.717) is 18.0 Å². The van der Waals surface area contributed by atoms with Gasteiger partial charge in [-0.15, -0.1) is 11.6 Å². The highest BCUT2D eigenvalue weighted by Crippen LogP contribution is 2.18. The largest absolute Gasteiger partial charge is 0.326 e. The van der Waals surface area contributed by atoms with Gasteiger partial charge in [-0.25, -0.2) is 8.42 Å². The number of sulfonamides is 1. The molecule has 0 spiro atoms. The van der Waals surface area contributed by atoms with Crippen LogP contribution in [-0.2, 0) is 14.8 Å². The van der Waals surface area contributed by atoms with Crippen molar-refractivity contribution in [1.29, 1.82) is 0 Å². The van der Waals surface area contributed by atoms with E-state index in [-0.39, 0.29) is 22.7 Å². The van der Waals surface area contributed by atoms with E-state index < -0.39 is 10.0 Å². The highest BCUT2D eigenvalue weighted by atomic mass is 35.5. The number of anilines is 2. The molecule has 9 heteroatoms. The summed E-state index contributed by atoms with van der Waals surface area (Å²) in [5.74, 6) is 0.667. The van der Waals surface area contributed by atoms with Crippen LogP contribution in [0.1, 0.15) is 39.2 Å². The van der Waals surface area contributed by atoms with E-state index in [1.807, 2.05) is 13.8 Å². The van der Waals surface area contributed by atoms with E-state index in [1.165, 1.54) is 12.1 Å². The number of nitrogens with zero attached hydrogens (tertiary/aromatic N) is 2. The van der Waals surface area contributed by atoms with Gasteiger partial charge < -0.3 is 5.32 Å². The molecule has 1 aromatic carbocycles. The number of nitrogens with one attached hydrogen (secondary N) is 2. The molecular formula is C17H23ClN4O3S. The van der Waals surface area contributed by atoms with Crippen LogP contribution in [0.4, 0.5) is 11.5 Å². The third kappa shape index (κ3) is 5.74. The number of hydrogen-bond acceptors (Lipinski definition) is 4. The van der Waals surface area contributed by atoms with Gasteiger partial charge in [-0.05, 0) is 51.0 Å². The quantitative estimate of drug-likeness (QED) is 0.498. The first-order valence-corrected chi connectivity index (χ1v) is 10.4. The first-order chi connectivity index (χ1) is 12.3. The van der Waals surface area contributed by atoms with Crippen molar-refractivity contribution in [1.82, 2.24) is 9.78 Å². The maximum absolute atomic E-state index is 12.4. The average molecular weight is 399 g/mol. The van der Waals surface area contributed by atoms with Gasteiger partial charge in [0.05, 0.1) is 4.90 Å². The molecule has 2 rings (SSSR count). The van der Waals surface area contributed by atoms with E-state index in [9.17, 15) is 13.2 Å². The smallest absolute Gasteiger partial charge is 0.263 e. The molecule has 0 aliphatic carbocycles. The number of alkyl halides is 1. The highest BCUT2D eigenvalue weighted by molar-refractivity contribution is 7.92. The van der Waals surface area contributed by atoms with E-state index in [1.54, 1.807) is 29.1 Å². The number of unbranched alkanes of at least 4 members (excludes halogenated alkanes) is 1. The zero-order chi connectivity index (χ0) is 19.2. The Labute approximate surface area is 158 Å². The number of hydrogen-bond donors (Lipinski definition) is 2. The normalized spacial score (nSPS) is 11.5. The minimum absolute atomic E-state index is 0.0942. The summed E-state index contributed by atoms with van der Waals surface area (Å²) in [5, 5.41) is 6.90. The van der Waals surface area contributed by atoms with Crippen molar-refractivity contribution in [2.75, 3.05) is 15.9 Å². The van der Waals surface area contributed by atoms with Crippen LogP contribution in [0.15, 0.2) is 41.4 Å². The third-order valence-electron chi connectivity index (χ3n) is 3.61. The molecule has 2 N–H and O–H groups in total. The highest BCUT2D eigenvalue weighted by Gasteiger charge is 2.16. The molecule has 26 heavy (non-hydrogen) atoms. The second kappa shape index (κ2) is 9.05. The van der Waals surface area contributed by atoms with E-state index in [4.69, 9.17) is 11.6 Å². The van der Waals surface area contributed by atoms with Gasteiger partial charge in [0.1, 0.15) is 0 Å². The molecule has 1 heterocycles. The fourth-order valence-corrected chi connectivity index (χ4v) is 3.38. The first-order valence-electron chi connectivity index (χ1n) is 8.35. The lowest BCUT2D eigenvalue weighted by Crippen LogP contribution is -2.14. The summed E-state index contributed by atoms with van der Waals surface area (Å²) in [6.07, 6.45) is 3.59. The topological polar surface area (TPSA) is 93.1 Å². The fourth-order valence-electron chi connectivity index (χ4n) is 2.20. The summed E-state index contributed by atoms with van der Waals surface area (Å²) in [6, 6.07) is 7.74. The fraction of sp³-hybridized carbons (Fsp3) is 0.412. The van der Waals surface area contributed by atoms with E-state index in [2.05, 4.69) is 15.1 Å². The number of aromatic nitrogens is 2. The number of carbonyl (C=O) groups is 1. The molecule has 0 bridgehead atoms. The minimum Gasteiger partial charge on any atom is -0.326 e. The lowest BCUT2D eigenvalue weighted by molar-refractivity contribution is -0.116. The molecule has 0 atom stereocenters. The Kier molecular flexibility index (Phi) is 7.05. The Morgan fingerprint density at radius 3 is 2.46 bits per heavy atom. The van der Waals surface area contributed by atoms with Crippen LogP contribution in [-0.4, -0.2) is 30.0 Å². The maximum atomic E-state index is 12.4. The molecule has 0 saturated heterocycles. The van der Waals surface area contributed by atoms with Gasteiger partial charge in [-0.3, -0.25) is 14.2 Å².